The van der Waals surface area contributed by atoms with E-state index in [0.717, 1.165) is 0 Å². The second-order valence-electron chi connectivity index (χ2n) is 2.45. The van der Waals surface area contributed by atoms with Crippen LogP contribution in [-0.2, 0) is 10.4 Å². The van der Waals surface area contributed by atoms with Gasteiger partial charge in [0.1, 0.15) is 0 Å². The fourth-order valence-corrected chi connectivity index (χ4v) is 1.85. The molecule has 13 heavy (non-hydrogen) atoms. The summed E-state index contributed by atoms with van der Waals surface area (Å²) in [5, 5.41) is 0. The van der Waals surface area contributed by atoms with E-state index in [2.05, 4.69) is 14.9 Å². The van der Waals surface area contributed by atoms with Crippen LogP contribution in [0.25, 0.3) is 6.08 Å². The molecule has 0 aromatic heterocycles. The van der Waals surface area contributed by atoms with Gasteiger partial charge in [-0.25, -0.2) is 0 Å². The van der Waals surface area contributed by atoms with Crippen LogP contribution in [0.1, 0.15) is 5.56 Å². The van der Waals surface area contributed by atoms with Gasteiger partial charge in [-0.05, 0) is 6.07 Å². The third-order valence-corrected chi connectivity index (χ3v) is 2.36. The van der Waals surface area contributed by atoms with E-state index < -0.39 is 10.4 Å². The van der Waals surface area contributed by atoms with E-state index in [1.807, 2.05) is 0 Å². The molecule has 0 aliphatic carbocycles. The van der Waals surface area contributed by atoms with Crippen molar-refractivity contribution in [2.75, 3.05) is 0 Å². The maximum absolute atomic E-state index is 10.9. The van der Waals surface area contributed by atoms with Crippen LogP contribution < -0.4 is 8.37 Å². The van der Waals surface area contributed by atoms with Gasteiger partial charge in [0, 0.05) is 5.56 Å². The Labute approximate surface area is 75.7 Å². The van der Waals surface area contributed by atoms with E-state index >= 15 is 0 Å². The molecule has 1 aliphatic rings. The van der Waals surface area contributed by atoms with Crippen molar-refractivity contribution in [3.8, 4) is 11.5 Å². The van der Waals surface area contributed by atoms with Gasteiger partial charge in [0.05, 0.1) is 0 Å². The highest BCUT2D eigenvalue weighted by atomic mass is 32.3. The minimum atomic E-state index is -3.89. The number of para-hydroxylation sites is 1. The molecule has 0 amide bonds. The summed E-state index contributed by atoms with van der Waals surface area (Å²) >= 11 is 0. The number of benzene rings is 1. The second-order valence-corrected chi connectivity index (χ2v) is 3.60. The third-order valence-electron chi connectivity index (χ3n) is 1.61. The fourth-order valence-electron chi connectivity index (χ4n) is 1.08. The SMILES string of the molecule is C=Cc1cccc2c1OS(=O)(=O)O2. The highest BCUT2D eigenvalue weighted by Gasteiger charge is 2.29. The molecular weight excluding hydrogens is 192 g/mol. The first kappa shape index (κ1) is 8.12. The summed E-state index contributed by atoms with van der Waals surface area (Å²) in [7, 11) is -3.89. The molecule has 5 heteroatoms. The van der Waals surface area contributed by atoms with E-state index in [-0.39, 0.29) is 11.5 Å². The van der Waals surface area contributed by atoms with Crippen molar-refractivity contribution in [3.05, 3.63) is 30.3 Å². The Kier molecular flexibility index (Phi) is 1.56. The number of hydrogen-bond donors (Lipinski definition) is 0. The average molecular weight is 198 g/mol. The topological polar surface area (TPSA) is 52.6 Å². The second kappa shape index (κ2) is 2.50. The summed E-state index contributed by atoms with van der Waals surface area (Å²) < 4.78 is 30.9. The van der Waals surface area contributed by atoms with Crippen molar-refractivity contribution < 1.29 is 16.8 Å². The molecule has 1 aromatic carbocycles. The molecule has 0 saturated carbocycles. The van der Waals surface area contributed by atoms with E-state index in [1.54, 1.807) is 12.1 Å². The largest absolute Gasteiger partial charge is 0.501 e. The Balaban J connectivity index is 2.63. The maximum atomic E-state index is 10.9. The predicted molar refractivity (Wildman–Crippen MR) is 46.7 cm³/mol. The minimum Gasteiger partial charge on any atom is -0.349 e. The maximum Gasteiger partial charge on any atom is 0.501 e. The van der Waals surface area contributed by atoms with Gasteiger partial charge in [-0.1, -0.05) is 24.8 Å². The fraction of sp³-hybridized carbons (Fsp3) is 0. The minimum absolute atomic E-state index is 0.206. The molecule has 0 radical (unpaired) electrons. The summed E-state index contributed by atoms with van der Waals surface area (Å²) in [5.74, 6) is 0.412. The molecule has 0 fully saturated rings. The number of hydrogen-bond acceptors (Lipinski definition) is 4. The van der Waals surface area contributed by atoms with Crippen molar-refractivity contribution in [1.82, 2.24) is 0 Å². The van der Waals surface area contributed by atoms with Gasteiger partial charge >= 0.3 is 10.4 Å². The standard InChI is InChI=1S/C8H6O4S/c1-2-6-4-3-5-7-8(6)12-13(9,10)11-7/h2-5H,1H2. The van der Waals surface area contributed by atoms with Crippen LogP contribution in [0.3, 0.4) is 0 Å². The molecule has 2 rings (SSSR count). The Morgan fingerprint density at radius 2 is 2.08 bits per heavy atom. The number of rotatable bonds is 1. The first-order valence-corrected chi connectivity index (χ1v) is 4.85. The smallest absolute Gasteiger partial charge is 0.349 e. The summed E-state index contributed by atoms with van der Waals surface area (Å²) in [6.07, 6.45) is 1.50. The van der Waals surface area contributed by atoms with Crippen LogP contribution in [0.15, 0.2) is 24.8 Å². The van der Waals surface area contributed by atoms with Crippen LogP contribution >= 0.6 is 0 Å². The van der Waals surface area contributed by atoms with E-state index in [0.29, 0.717) is 5.56 Å². The van der Waals surface area contributed by atoms with E-state index in [1.165, 1.54) is 12.1 Å². The van der Waals surface area contributed by atoms with Crippen LogP contribution in [-0.4, -0.2) is 8.42 Å². The zero-order valence-corrected chi connectivity index (χ0v) is 7.37. The van der Waals surface area contributed by atoms with Crippen LogP contribution in [0.2, 0.25) is 0 Å². The lowest BCUT2D eigenvalue weighted by Crippen LogP contribution is -2.08. The molecule has 0 unspecified atom stereocenters. The lowest BCUT2D eigenvalue weighted by molar-refractivity contribution is 0.436. The quantitative estimate of drug-likeness (QED) is 0.683. The van der Waals surface area contributed by atoms with Gasteiger partial charge in [-0.15, -0.1) is 8.42 Å². The summed E-state index contributed by atoms with van der Waals surface area (Å²) in [6.45, 7) is 3.53. The summed E-state index contributed by atoms with van der Waals surface area (Å²) in [4.78, 5) is 0. The van der Waals surface area contributed by atoms with E-state index in [4.69, 9.17) is 0 Å². The number of fused-ring (bicyclic) bond motifs is 1. The van der Waals surface area contributed by atoms with Gasteiger partial charge in [-0.2, -0.15) is 0 Å². The van der Waals surface area contributed by atoms with Crippen LogP contribution in [0, 0.1) is 0 Å². The molecular formula is C8H6O4S. The molecule has 0 saturated heterocycles. The lowest BCUT2D eigenvalue weighted by Gasteiger charge is -1.95. The van der Waals surface area contributed by atoms with Crippen molar-refractivity contribution >= 4 is 16.5 Å². The van der Waals surface area contributed by atoms with Gasteiger partial charge in [-0.3, -0.25) is 0 Å². The molecule has 1 aromatic rings. The summed E-state index contributed by atoms with van der Waals surface area (Å²) in [6, 6.07) is 4.88. The Hall–Kier alpha value is -1.49. The Morgan fingerprint density at radius 3 is 2.77 bits per heavy atom. The predicted octanol–water partition coefficient (Wildman–Crippen LogP) is 1.35. The lowest BCUT2D eigenvalue weighted by atomic mass is 10.2. The van der Waals surface area contributed by atoms with Crippen molar-refractivity contribution in [2.45, 2.75) is 0 Å². The highest BCUT2D eigenvalue weighted by molar-refractivity contribution is 7.82. The van der Waals surface area contributed by atoms with Gasteiger partial charge in [0.2, 0.25) is 0 Å². The zero-order chi connectivity index (χ0) is 9.47. The normalized spacial score (nSPS) is 16.9. The molecule has 1 aliphatic heterocycles. The van der Waals surface area contributed by atoms with Crippen molar-refractivity contribution in [3.63, 3.8) is 0 Å². The zero-order valence-electron chi connectivity index (χ0n) is 6.56. The third kappa shape index (κ3) is 1.27. The van der Waals surface area contributed by atoms with Crippen molar-refractivity contribution in [2.24, 2.45) is 0 Å². The van der Waals surface area contributed by atoms with Gasteiger partial charge in [0.15, 0.2) is 11.5 Å². The van der Waals surface area contributed by atoms with E-state index in [9.17, 15) is 8.42 Å². The highest BCUT2D eigenvalue weighted by Crippen LogP contribution is 2.38. The molecule has 0 N–H and O–H groups in total. The molecule has 0 spiro atoms. The average Bonchev–Trinajstić information content (AvgIpc) is 2.37. The van der Waals surface area contributed by atoms with Gasteiger partial charge in [0.25, 0.3) is 0 Å². The monoisotopic (exact) mass is 198 g/mol. The Bertz CT molecular complexity index is 461. The summed E-state index contributed by atoms with van der Waals surface area (Å²) in [5.41, 5.74) is 0.596. The van der Waals surface area contributed by atoms with Crippen molar-refractivity contribution in [1.29, 1.82) is 0 Å². The Morgan fingerprint density at radius 1 is 1.31 bits per heavy atom. The first-order chi connectivity index (χ1) is 6.12. The molecule has 0 atom stereocenters. The molecule has 0 bridgehead atoms. The van der Waals surface area contributed by atoms with Gasteiger partial charge < -0.3 is 8.37 Å². The first-order valence-electron chi connectivity index (χ1n) is 3.52. The molecule has 68 valence electrons. The molecule has 4 nitrogen and oxygen atoms in total. The van der Waals surface area contributed by atoms with Crippen LogP contribution in [0.4, 0.5) is 0 Å². The van der Waals surface area contributed by atoms with Crippen LogP contribution in [0.5, 0.6) is 11.5 Å². The molecule has 1 heterocycles.